The Bertz CT molecular complexity index is 876. The lowest BCUT2D eigenvalue weighted by Gasteiger charge is -2.15. The molecule has 1 fully saturated rings. The molecule has 0 unspecified atom stereocenters. The number of imidazole rings is 1. The van der Waals surface area contributed by atoms with Gasteiger partial charge in [0.2, 0.25) is 0 Å². The van der Waals surface area contributed by atoms with E-state index in [0.717, 1.165) is 43.4 Å². The van der Waals surface area contributed by atoms with E-state index in [2.05, 4.69) is 63.5 Å². The molecule has 5 nitrogen and oxygen atoms in total. The Morgan fingerprint density at radius 2 is 1.93 bits per heavy atom. The molecule has 0 bridgehead atoms. The highest BCUT2D eigenvalue weighted by Gasteiger charge is 2.43. The van der Waals surface area contributed by atoms with E-state index < -0.39 is 0 Å². The van der Waals surface area contributed by atoms with Crippen LogP contribution in [0.15, 0.2) is 65.9 Å². The van der Waals surface area contributed by atoms with Crippen molar-refractivity contribution in [3.8, 4) is 0 Å². The molecule has 0 saturated heterocycles. The molecule has 0 aliphatic heterocycles. The van der Waals surface area contributed by atoms with Gasteiger partial charge < -0.3 is 15.0 Å². The summed E-state index contributed by atoms with van der Waals surface area (Å²) in [5.74, 6) is 0.892. The molecule has 0 amide bonds. The van der Waals surface area contributed by atoms with Gasteiger partial charge in [-0.2, -0.15) is 0 Å². The highest BCUT2D eigenvalue weighted by atomic mass is 15.2. The Labute approximate surface area is 160 Å². The second-order valence-electron chi connectivity index (χ2n) is 7.22. The number of nitrogens with zero attached hydrogens (tertiary/aromatic N) is 3. The van der Waals surface area contributed by atoms with Crippen molar-refractivity contribution in [3.05, 3.63) is 72.2 Å². The first-order chi connectivity index (χ1) is 13.3. The molecule has 27 heavy (non-hydrogen) atoms. The van der Waals surface area contributed by atoms with Crippen LogP contribution in [0.25, 0.3) is 5.65 Å². The molecular formula is C22H27N5. The van der Waals surface area contributed by atoms with Crippen LogP contribution in [0.1, 0.15) is 31.0 Å². The molecule has 4 rings (SSSR count). The van der Waals surface area contributed by atoms with E-state index in [1.54, 1.807) is 0 Å². The van der Waals surface area contributed by atoms with Crippen LogP contribution in [0, 0.1) is 0 Å². The molecule has 5 heteroatoms. The average molecular weight is 361 g/mol. The summed E-state index contributed by atoms with van der Waals surface area (Å²) in [7, 11) is 0. The monoisotopic (exact) mass is 361 g/mol. The Morgan fingerprint density at radius 3 is 2.67 bits per heavy atom. The summed E-state index contributed by atoms with van der Waals surface area (Å²) in [4.78, 5) is 9.52. The van der Waals surface area contributed by atoms with Gasteiger partial charge in [0.25, 0.3) is 0 Å². The first-order valence-corrected chi connectivity index (χ1v) is 9.79. The molecule has 1 aromatic carbocycles. The number of hydrogen-bond donors (Lipinski definition) is 2. The van der Waals surface area contributed by atoms with Gasteiger partial charge in [-0.25, -0.2) is 4.98 Å². The number of aliphatic imine (C=N–C) groups is 1. The molecular weight excluding hydrogens is 334 g/mol. The first-order valence-electron chi connectivity index (χ1n) is 9.79. The number of nitrogens with one attached hydrogen (secondary N) is 2. The van der Waals surface area contributed by atoms with Gasteiger partial charge in [-0.05, 0) is 37.5 Å². The summed E-state index contributed by atoms with van der Waals surface area (Å²) in [5.41, 5.74) is 3.74. The van der Waals surface area contributed by atoms with Gasteiger partial charge in [0.05, 0.1) is 12.2 Å². The highest BCUT2D eigenvalue weighted by molar-refractivity contribution is 5.79. The molecule has 3 aromatic rings. The van der Waals surface area contributed by atoms with Crippen molar-refractivity contribution in [3.63, 3.8) is 0 Å². The molecule has 0 atom stereocenters. The highest BCUT2D eigenvalue weighted by Crippen LogP contribution is 2.48. The molecule has 2 aromatic heterocycles. The summed E-state index contributed by atoms with van der Waals surface area (Å²) in [6, 6.07) is 16.8. The molecule has 1 saturated carbocycles. The third-order valence-corrected chi connectivity index (χ3v) is 5.21. The summed E-state index contributed by atoms with van der Waals surface area (Å²) in [6.07, 6.45) is 7.44. The topological polar surface area (TPSA) is 53.7 Å². The molecule has 0 spiro atoms. The smallest absolute Gasteiger partial charge is 0.191 e. The molecule has 1 aliphatic rings. The van der Waals surface area contributed by atoms with Gasteiger partial charge in [0.1, 0.15) is 5.65 Å². The average Bonchev–Trinajstić information content (AvgIpc) is 3.39. The fourth-order valence-electron chi connectivity index (χ4n) is 3.47. The summed E-state index contributed by atoms with van der Waals surface area (Å²) in [5, 5.41) is 6.82. The van der Waals surface area contributed by atoms with Gasteiger partial charge in [-0.15, -0.1) is 0 Å². The lowest BCUT2D eigenvalue weighted by molar-refractivity contribution is 0.691. The van der Waals surface area contributed by atoms with Crippen molar-refractivity contribution in [2.45, 2.75) is 31.6 Å². The Hall–Kier alpha value is -2.82. The maximum Gasteiger partial charge on any atom is 0.191 e. The fourth-order valence-corrected chi connectivity index (χ4v) is 3.47. The fraction of sp³-hybridized carbons (Fsp3) is 0.364. The van der Waals surface area contributed by atoms with Crippen LogP contribution in [0.2, 0.25) is 0 Å². The second-order valence-corrected chi connectivity index (χ2v) is 7.22. The lowest BCUT2D eigenvalue weighted by atomic mass is 9.96. The summed E-state index contributed by atoms with van der Waals surface area (Å²) in [6.45, 7) is 4.61. The van der Waals surface area contributed by atoms with Gasteiger partial charge >= 0.3 is 0 Å². The zero-order valence-corrected chi connectivity index (χ0v) is 15.9. The van der Waals surface area contributed by atoms with E-state index in [-0.39, 0.29) is 5.41 Å². The second kappa shape index (κ2) is 7.82. The first kappa shape index (κ1) is 17.6. The van der Waals surface area contributed by atoms with E-state index >= 15 is 0 Å². The third kappa shape index (κ3) is 4.13. The number of benzene rings is 1. The Kier molecular flexibility index (Phi) is 5.10. The van der Waals surface area contributed by atoms with E-state index in [9.17, 15) is 0 Å². The minimum absolute atomic E-state index is 0.241. The SMILES string of the molecule is CCNC(=NCC1(c2ccccc2)CC1)NCCc1cn2ccccc2n1. The maximum atomic E-state index is 4.87. The standard InChI is InChI=1S/C22H27N5/c1-2-23-21(25-17-22(12-13-22)18-8-4-3-5-9-18)24-14-11-19-16-27-15-7-6-10-20(27)26-19/h3-10,15-16H,2,11-14,17H2,1H3,(H2,23,24,25). The third-order valence-electron chi connectivity index (χ3n) is 5.21. The number of rotatable bonds is 7. The molecule has 0 radical (unpaired) electrons. The van der Waals surface area contributed by atoms with Gasteiger partial charge in [-0.3, -0.25) is 4.99 Å². The van der Waals surface area contributed by atoms with E-state index in [1.807, 2.05) is 24.4 Å². The predicted molar refractivity (Wildman–Crippen MR) is 110 cm³/mol. The zero-order chi connectivity index (χ0) is 18.5. The van der Waals surface area contributed by atoms with Crippen molar-refractivity contribution in [2.24, 2.45) is 4.99 Å². The van der Waals surface area contributed by atoms with Gasteiger partial charge in [0.15, 0.2) is 5.96 Å². The Morgan fingerprint density at radius 1 is 1.11 bits per heavy atom. The van der Waals surface area contributed by atoms with E-state index in [0.29, 0.717) is 0 Å². The van der Waals surface area contributed by atoms with Gasteiger partial charge in [-0.1, -0.05) is 36.4 Å². The van der Waals surface area contributed by atoms with Crippen molar-refractivity contribution in [1.82, 2.24) is 20.0 Å². The molecule has 2 heterocycles. The molecule has 140 valence electrons. The van der Waals surface area contributed by atoms with Gasteiger partial charge in [0, 0.05) is 37.3 Å². The molecule has 2 N–H and O–H groups in total. The maximum absolute atomic E-state index is 4.87. The number of pyridine rings is 1. The number of guanidine groups is 1. The zero-order valence-electron chi connectivity index (χ0n) is 15.9. The Balaban J connectivity index is 1.35. The summed E-state index contributed by atoms with van der Waals surface area (Å²) >= 11 is 0. The van der Waals surface area contributed by atoms with Crippen LogP contribution in [-0.4, -0.2) is 35.0 Å². The van der Waals surface area contributed by atoms with Crippen molar-refractivity contribution < 1.29 is 0 Å². The lowest BCUT2D eigenvalue weighted by Crippen LogP contribution is -2.39. The predicted octanol–water partition coefficient (Wildman–Crippen LogP) is 3.16. The largest absolute Gasteiger partial charge is 0.357 e. The van der Waals surface area contributed by atoms with Crippen LogP contribution < -0.4 is 10.6 Å². The quantitative estimate of drug-likeness (QED) is 0.502. The normalized spacial score (nSPS) is 15.7. The van der Waals surface area contributed by atoms with Crippen molar-refractivity contribution in [2.75, 3.05) is 19.6 Å². The van der Waals surface area contributed by atoms with Crippen LogP contribution in [0.3, 0.4) is 0 Å². The van der Waals surface area contributed by atoms with Crippen molar-refractivity contribution >= 4 is 11.6 Å². The van der Waals surface area contributed by atoms with Crippen molar-refractivity contribution in [1.29, 1.82) is 0 Å². The minimum Gasteiger partial charge on any atom is -0.357 e. The van der Waals surface area contributed by atoms with Crippen LogP contribution in [0.4, 0.5) is 0 Å². The van der Waals surface area contributed by atoms with Crippen LogP contribution in [0.5, 0.6) is 0 Å². The minimum atomic E-state index is 0.241. The number of aromatic nitrogens is 2. The summed E-state index contributed by atoms with van der Waals surface area (Å²) < 4.78 is 2.06. The van der Waals surface area contributed by atoms with E-state index in [1.165, 1.54) is 18.4 Å². The van der Waals surface area contributed by atoms with E-state index in [4.69, 9.17) is 4.99 Å². The van der Waals surface area contributed by atoms with Crippen LogP contribution in [-0.2, 0) is 11.8 Å². The molecule has 1 aliphatic carbocycles. The van der Waals surface area contributed by atoms with Crippen LogP contribution >= 0.6 is 0 Å². The number of hydrogen-bond acceptors (Lipinski definition) is 2. The number of fused-ring (bicyclic) bond motifs is 1.